The molecule has 2 fully saturated rings. The first kappa shape index (κ1) is 15.0. The Kier molecular flexibility index (Phi) is 4.00. The van der Waals surface area contributed by atoms with E-state index in [4.69, 9.17) is 26.4 Å². The predicted octanol–water partition coefficient (Wildman–Crippen LogP) is 2.80. The maximum atomic E-state index is 12.6. The second-order valence-electron chi connectivity index (χ2n) is 5.54. The Morgan fingerprint density at radius 1 is 1.35 bits per heavy atom. The second kappa shape index (κ2) is 6.14. The lowest BCUT2D eigenvalue weighted by Crippen LogP contribution is -2.35. The van der Waals surface area contributed by atoms with E-state index in [2.05, 4.69) is 0 Å². The molecule has 2 saturated heterocycles. The highest BCUT2D eigenvalue weighted by molar-refractivity contribution is 8.26. The van der Waals surface area contributed by atoms with Crippen LogP contribution in [0.25, 0.3) is 6.08 Å². The van der Waals surface area contributed by atoms with Gasteiger partial charge in [0.15, 0.2) is 11.5 Å². The summed E-state index contributed by atoms with van der Waals surface area (Å²) in [5.74, 6) is 1.38. The van der Waals surface area contributed by atoms with E-state index in [1.54, 1.807) is 4.90 Å². The summed E-state index contributed by atoms with van der Waals surface area (Å²) in [5.41, 5.74) is 0.895. The van der Waals surface area contributed by atoms with Gasteiger partial charge in [-0.25, -0.2) is 0 Å². The van der Waals surface area contributed by atoms with E-state index in [1.807, 2.05) is 24.3 Å². The Morgan fingerprint density at radius 2 is 2.22 bits per heavy atom. The number of amides is 1. The normalized spacial score (nSPS) is 25.0. The number of hydrogen-bond donors (Lipinski definition) is 0. The van der Waals surface area contributed by atoms with Crippen LogP contribution in [0.15, 0.2) is 23.1 Å². The molecule has 0 radical (unpaired) electrons. The van der Waals surface area contributed by atoms with Crippen molar-refractivity contribution in [2.45, 2.75) is 18.9 Å². The fraction of sp³-hybridized carbons (Fsp3) is 0.375. The van der Waals surface area contributed by atoms with Crippen LogP contribution in [0.4, 0.5) is 0 Å². The van der Waals surface area contributed by atoms with Gasteiger partial charge in [0.05, 0.1) is 17.6 Å². The molecule has 0 aliphatic carbocycles. The molecule has 0 aromatic heterocycles. The van der Waals surface area contributed by atoms with Crippen LogP contribution < -0.4 is 9.47 Å². The highest BCUT2D eigenvalue weighted by atomic mass is 32.2. The van der Waals surface area contributed by atoms with Crippen molar-refractivity contribution in [2.24, 2.45) is 0 Å². The Morgan fingerprint density at radius 3 is 3.04 bits per heavy atom. The number of thioether (sulfide) groups is 1. The molecule has 1 aromatic carbocycles. The zero-order chi connectivity index (χ0) is 15.8. The van der Waals surface area contributed by atoms with Crippen molar-refractivity contribution in [2.75, 3.05) is 19.9 Å². The number of hydrogen-bond acceptors (Lipinski definition) is 6. The Hall–Kier alpha value is -1.57. The predicted molar refractivity (Wildman–Crippen MR) is 91.4 cm³/mol. The average Bonchev–Trinajstić information content (AvgIpc) is 3.26. The minimum atomic E-state index is -0.0480. The summed E-state index contributed by atoms with van der Waals surface area (Å²) in [6.07, 6.45) is 3.98. The molecule has 0 spiro atoms. The summed E-state index contributed by atoms with van der Waals surface area (Å²) < 4.78 is 16.9. The maximum Gasteiger partial charge on any atom is 0.266 e. The van der Waals surface area contributed by atoms with Gasteiger partial charge in [-0.1, -0.05) is 30.0 Å². The number of rotatable bonds is 3. The van der Waals surface area contributed by atoms with Gasteiger partial charge in [0, 0.05) is 6.61 Å². The van der Waals surface area contributed by atoms with Crippen LogP contribution >= 0.6 is 24.0 Å². The highest BCUT2D eigenvalue weighted by Crippen LogP contribution is 2.36. The van der Waals surface area contributed by atoms with E-state index < -0.39 is 0 Å². The highest BCUT2D eigenvalue weighted by Gasteiger charge is 2.34. The molecule has 1 aromatic rings. The lowest BCUT2D eigenvalue weighted by molar-refractivity contribution is -0.123. The molecule has 120 valence electrons. The van der Waals surface area contributed by atoms with Crippen molar-refractivity contribution < 1.29 is 19.0 Å². The molecule has 23 heavy (non-hydrogen) atoms. The summed E-state index contributed by atoms with van der Waals surface area (Å²) in [4.78, 5) is 14.9. The van der Waals surface area contributed by atoms with Gasteiger partial charge in [0.2, 0.25) is 6.79 Å². The maximum absolute atomic E-state index is 12.6. The molecule has 1 atom stereocenters. The van der Waals surface area contributed by atoms with Crippen molar-refractivity contribution in [3.63, 3.8) is 0 Å². The molecule has 5 nitrogen and oxygen atoms in total. The molecule has 7 heteroatoms. The molecule has 1 amide bonds. The smallest absolute Gasteiger partial charge is 0.266 e. The molecule has 3 aliphatic rings. The quantitative estimate of drug-likeness (QED) is 0.618. The zero-order valence-electron chi connectivity index (χ0n) is 12.3. The van der Waals surface area contributed by atoms with Crippen molar-refractivity contribution >= 4 is 40.3 Å². The Labute approximate surface area is 143 Å². The minimum absolute atomic E-state index is 0.0480. The van der Waals surface area contributed by atoms with E-state index in [1.165, 1.54) is 11.8 Å². The fourth-order valence-electron chi connectivity index (χ4n) is 2.80. The van der Waals surface area contributed by atoms with E-state index in [0.717, 1.165) is 30.8 Å². The van der Waals surface area contributed by atoms with Gasteiger partial charge in [-0.2, -0.15) is 0 Å². The number of carbonyl (C=O) groups is 1. The van der Waals surface area contributed by atoms with Crippen LogP contribution in [0.3, 0.4) is 0 Å². The van der Waals surface area contributed by atoms with Crippen LogP contribution in [-0.4, -0.2) is 41.2 Å². The van der Waals surface area contributed by atoms with Gasteiger partial charge in [-0.3, -0.25) is 9.69 Å². The van der Waals surface area contributed by atoms with E-state index in [-0.39, 0.29) is 18.8 Å². The van der Waals surface area contributed by atoms with E-state index >= 15 is 0 Å². The number of thiocarbonyl (C=S) groups is 1. The molecule has 1 unspecified atom stereocenters. The average molecular weight is 349 g/mol. The molecule has 3 heterocycles. The first-order valence-corrected chi connectivity index (χ1v) is 8.70. The summed E-state index contributed by atoms with van der Waals surface area (Å²) >= 11 is 6.69. The lowest BCUT2D eigenvalue weighted by Gasteiger charge is -2.18. The van der Waals surface area contributed by atoms with Crippen molar-refractivity contribution in [3.8, 4) is 11.5 Å². The largest absolute Gasteiger partial charge is 0.454 e. The first-order chi connectivity index (χ1) is 11.2. The zero-order valence-corrected chi connectivity index (χ0v) is 14.0. The van der Waals surface area contributed by atoms with Crippen molar-refractivity contribution in [1.29, 1.82) is 0 Å². The minimum Gasteiger partial charge on any atom is -0.454 e. The molecule has 4 rings (SSSR count). The summed E-state index contributed by atoms with van der Waals surface area (Å²) in [7, 11) is 0. The second-order valence-corrected chi connectivity index (χ2v) is 7.22. The van der Waals surface area contributed by atoms with Gasteiger partial charge in [-0.05, 0) is 36.6 Å². The van der Waals surface area contributed by atoms with Gasteiger partial charge in [0.1, 0.15) is 4.32 Å². The Balaban J connectivity index is 1.52. The van der Waals surface area contributed by atoms with Crippen LogP contribution in [0.5, 0.6) is 11.5 Å². The van der Waals surface area contributed by atoms with E-state index in [0.29, 0.717) is 21.5 Å². The van der Waals surface area contributed by atoms with Gasteiger partial charge in [0.25, 0.3) is 5.91 Å². The van der Waals surface area contributed by atoms with Crippen molar-refractivity contribution in [1.82, 2.24) is 4.90 Å². The van der Waals surface area contributed by atoms with Gasteiger partial charge in [-0.15, -0.1) is 0 Å². The Bertz CT molecular complexity index is 697. The third-order valence-corrected chi connectivity index (χ3v) is 5.36. The molecule has 0 saturated carbocycles. The van der Waals surface area contributed by atoms with Crippen LogP contribution in [-0.2, 0) is 9.53 Å². The number of ether oxygens (including phenoxy) is 3. The molecule has 0 bridgehead atoms. The number of nitrogens with zero attached hydrogens (tertiary/aromatic N) is 1. The monoisotopic (exact) mass is 349 g/mol. The molecular weight excluding hydrogens is 334 g/mol. The number of fused-ring (bicyclic) bond motifs is 1. The molecule has 3 aliphatic heterocycles. The van der Waals surface area contributed by atoms with Crippen molar-refractivity contribution in [3.05, 3.63) is 28.7 Å². The third kappa shape index (κ3) is 2.96. The van der Waals surface area contributed by atoms with Gasteiger partial charge >= 0.3 is 0 Å². The summed E-state index contributed by atoms with van der Waals surface area (Å²) in [6, 6.07) is 5.62. The fourth-order valence-corrected chi connectivity index (χ4v) is 4.08. The molecule has 0 N–H and O–H groups in total. The van der Waals surface area contributed by atoms with Crippen LogP contribution in [0.1, 0.15) is 18.4 Å². The SMILES string of the molecule is O=C1/C(=C\c2ccc3c(c2)OCO3)SC(=S)N1CC1CCCO1. The number of carbonyl (C=O) groups excluding carboxylic acids is 1. The first-order valence-electron chi connectivity index (χ1n) is 7.47. The summed E-state index contributed by atoms with van der Waals surface area (Å²) in [5, 5.41) is 0. The van der Waals surface area contributed by atoms with E-state index in [9.17, 15) is 4.79 Å². The topological polar surface area (TPSA) is 48.0 Å². The third-order valence-electron chi connectivity index (χ3n) is 3.98. The summed E-state index contributed by atoms with van der Waals surface area (Å²) in [6.45, 7) is 1.55. The lowest BCUT2D eigenvalue weighted by atomic mass is 10.2. The van der Waals surface area contributed by atoms with Gasteiger partial charge < -0.3 is 14.2 Å². The van der Waals surface area contributed by atoms with Crippen LogP contribution in [0.2, 0.25) is 0 Å². The molecular formula is C16H15NO4S2. The van der Waals surface area contributed by atoms with Crippen LogP contribution in [0, 0.1) is 0 Å². The number of benzene rings is 1. The standard InChI is InChI=1S/C16H15NO4S2/c18-15-14(7-10-3-4-12-13(6-10)21-9-20-12)23-16(22)17(15)8-11-2-1-5-19-11/h3-4,6-7,11H,1-2,5,8-9H2/b14-7+.